The van der Waals surface area contributed by atoms with Crippen LogP contribution in [0.15, 0.2) is 41.2 Å². The van der Waals surface area contributed by atoms with E-state index in [1.807, 2.05) is 12.1 Å². The van der Waals surface area contributed by atoms with Gasteiger partial charge in [0.2, 0.25) is 0 Å². The van der Waals surface area contributed by atoms with E-state index in [1.165, 1.54) is 11.3 Å². The molecular formula is C23H23ClN4O2. The Kier molecular flexibility index (Phi) is 4.17. The molecule has 2 fully saturated rings. The molecule has 0 unspecified atom stereocenters. The molecule has 4 heterocycles. The van der Waals surface area contributed by atoms with Crippen molar-refractivity contribution in [2.45, 2.75) is 18.3 Å². The van der Waals surface area contributed by atoms with Gasteiger partial charge < -0.3 is 15.0 Å². The van der Waals surface area contributed by atoms with Crippen LogP contribution in [0.1, 0.15) is 24.2 Å². The molecule has 1 spiro atoms. The van der Waals surface area contributed by atoms with Crippen LogP contribution in [0.3, 0.4) is 0 Å². The average molecular weight is 423 g/mol. The van der Waals surface area contributed by atoms with Crippen molar-refractivity contribution in [3.63, 3.8) is 0 Å². The Balaban J connectivity index is 1.65. The Morgan fingerprint density at radius 3 is 2.70 bits per heavy atom. The minimum atomic E-state index is -0.286. The molecule has 0 amide bonds. The topological polar surface area (TPSA) is 59.4 Å². The van der Waals surface area contributed by atoms with Gasteiger partial charge in [0.25, 0.3) is 5.56 Å². The minimum absolute atomic E-state index is 0.247. The molecule has 0 aliphatic carbocycles. The molecule has 3 aromatic rings. The third kappa shape index (κ3) is 2.51. The number of hydrogen-bond acceptors (Lipinski definition) is 5. The predicted molar refractivity (Wildman–Crippen MR) is 118 cm³/mol. The summed E-state index contributed by atoms with van der Waals surface area (Å²) in [4.78, 5) is 20.0. The SMILES string of the molecule is O=c1nc2n(c3cccc(Cl)c13)-c1cc(N3CCNCC3)ccc1C21CCOCC1. The molecule has 154 valence electrons. The fourth-order valence-electron chi connectivity index (χ4n) is 5.35. The highest BCUT2D eigenvalue weighted by molar-refractivity contribution is 6.35. The molecule has 3 aliphatic rings. The van der Waals surface area contributed by atoms with Gasteiger partial charge in [-0.3, -0.25) is 9.36 Å². The van der Waals surface area contributed by atoms with Gasteiger partial charge in [-0.15, -0.1) is 0 Å². The van der Waals surface area contributed by atoms with E-state index in [1.54, 1.807) is 6.07 Å². The minimum Gasteiger partial charge on any atom is -0.381 e. The van der Waals surface area contributed by atoms with E-state index < -0.39 is 0 Å². The second kappa shape index (κ2) is 6.80. The summed E-state index contributed by atoms with van der Waals surface area (Å²) < 4.78 is 7.87. The summed E-state index contributed by atoms with van der Waals surface area (Å²) in [6, 6.07) is 12.4. The van der Waals surface area contributed by atoms with Crippen LogP contribution in [0.5, 0.6) is 0 Å². The highest BCUT2D eigenvalue weighted by Crippen LogP contribution is 2.50. The first-order chi connectivity index (χ1) is 14.7. The zero-order valence-corrected chi connectivity index (χ0v) is 17.4. The largest absolute Gasteiger partial charge is 0.381 e. The van der Waals surface area contributed by atoms with E-state index in [9.17, 15) is 4.79 Å². The van der Waals surface area contributed by atoms with Gasteiger partial charge in [0.1, 0.15) is 5.82 Å². The van der Waals surface area contributed by atoms with Crippen molar-refractivity contribution in [3.05, 3.63) is 63.2 Å². The summed E-state index contributed by atoms with van der Waals surface area (Å²) in [5.74, 6) is 0.832. The van der Waals surface area contributed by atoms with Gasteiger partial charge in [-0.2, -0.15) is 4.98 Å². The zero-order valence-electron chi connectivity index (χ0n) is 16.7. The number of benzene rings is 2. The maximum absolute atomic E-state index is 13.0. The summed E-state index contributed by atoms with van der Waals surface area (Å²) in [6.45, 7) is 5.29. The fourth-order valence-corrected chi connectivity index (χ4v) is 5.60. The average Bonchev–Trinajstić information content (AvgIpc) is 3.04. The van der Waals surface area contributed by atoms with Gasteiger partial charge in [-0.05, 0) is 42.7 Å². The Bertz CT molecular complexity index is 1210. The smallest absolute Gasteiger partial charge is 0.282 e. The molecule has 0 bridgehead atoms. The Labute approximate surface area is 179 Å². The normalized spacial score (nSPS) is 19.8. The van der Waals surface area contributed by atoms with E-state index in [-0.39, 0.29) is 11.0 Å². The highest BCUT2D eigenvalue weighted by atomic mass is 35.5. The number of rotatable bonds is 1. The van der Waals surface area contributed by atoms with Gasteiger partial charge in [-0.25, -0.2) is 0 Å². The standard InChI is InChI=1S/C23H23ClN4O2/c24-17-2-1-3-18-20(17)21(29)26-22-23(6-12-30-13-7-23)16-5-4-15(14-19(16)28(18)22)27-10-8-25-9-11-27/h1-5,14,25H,6-13H2. The monoisotopic (exact) mass is 422 g/mol. The number of nitrogens with one attached hydrogen (secondary N) is 1. The van der Waals surface area contributed by atoms with Gasteiger partial charge >= 0.3 is 0 Å². The van der Waals surface area contributed by atoms with Gasteiger partial charge in [0.15, 0.2) is 0 Å². The number of nitrogens with zero attached hydrogens (tertiary/aromatic N) is 3. The molecule has 3 aliphatic heterocycles. The first-order valence-electron chi connectivity index (χ1n) is 10.6. The van der Waals surface area contributed by atoms with Crippen molar-refractivity contribution in [3.8, 4) is 5.69 Å². The molecule has 2 aromatic carbocycles. The molecule has 1 aromatic heterocycles. The quantitative estimate of drug-likeness (QED) is 0.653. The van der Waals surface area contributed by atoms with Crippen LogP contribution in [-0.4, -0.2) is 48.9 Å². The van der Waals surface area contributed by atoms with E-state index in [0.717, 1.165) is 56.0 Å². The number of aromatic nitrogens is 2. The van der Waals surface area contributed by atoms with Gasteiger partial charge in [0.05, 0.1) is 27.0 Å². The number of anilines is 1. The van der Waals surface area contributed by atoms with Crippen molar-refractivity contribution < 1.29 is 4.74 Å². The lowest BCUT2D eigenvalue weighted by atomic mass is 9.74. The molecular weight excluding hydrogens is 400 g/mol. The zero-order chi connectivity index (χ0) is 20.3. The summed E-state index contributed by atoms with van der Waals surface area (Å²) in [5, 5.41) is 4.36. The molecule has 6 nitrogen and oxygen atoms in total. The fraction of sp³-hybridized carbons (Fsp3) is 0.391. The number of piperazine rings is 1. The van der Waals surface area contributed by atoms with Crippen molar-refractivity contribution in [2.75, 3.05) is 44.3 Å². The van der Waals surface area contributed by atoms with Crippen molar-refractivity contribution in [1.29, 1.82) is 0 Å². The van der Waals surface area contributed by atoms with Crippen molar-refractivity contribution >= 4 is 28.2 Å². The van der Waals surface area contributed by atoms with E-state index in [4.69, 9.17) is 16.3 Å². The number of ether oxygens (including phenoxy) is 1. The third-order valence-electron chi connectivity index (χ3n) is 6.86. The lowest BCUT2D eigenvalue weighted by Crippen LogP contribution is -2.43. The molecule has 6 rings (SSSR count). The van der Waals surface area contributed by atoms with Crippen molar-refractivity contribution in [1.82, 2.24) is 14.9 Å². The summed E-state index contributed by atoms with van der Waals surface area (Å²) in [5.41, 5.74) is 3.86. The summed E-state index contributed by atoms with van der Waals surface area (Å²) >= 11 is 6.43. The lowest BCUT2D eigenvalue weighted by Gasteiger charge is -2.34. The Morgan fingerprint density at radius 1 is 1.10 bits per heavy atom. The molecule has 7 heteroatoms. The predicted octanol–water partition coefficient (Wildman–Crippen LogP) is 2.86. The number of hydrogen-bond donors (Lipinski definition) is 1. The second-order valence-corrected chi connectivity index (χ2v) is 8.75. The van der Waals surface area contributed by atoms with Crippen LogP contribution < -0.4 is 15.8 Å². The summed E-state index contributed by atoms with van der Waals surface area (Å²) in [7, 11) is 0. The maximum atomic E-state index is 13.0. The van der Waals surface area contributed by atoms with Crippen LogP contribution in [0, 0.1) is 0 Å². The first kappa shape index (κ1) is 18.4. The molecule has 0 atom stereocenters. The highest BCUT2D eigenvalue weighted by Gasteiger charge is 2.47. The van der Waals surface area contributed by atoms with Gasteiger partial charge in [0, 0.05) is 45.1 Å². The van der Waals surface area contributed by atoms with E-state index >= 15 is 0 Å². The van der Waals surface area contributed by atoms with Crippen LogP contribution in [0.4, 0.5) is 5.69 Å². The molecule has 1 N–H and O–H groups in total. The Hall–Kier alpha value is -2.41. The third-order valence-corrected chi connectivity index (χ3v) is 7.17. The summed E-state index contributed by atoms with van der Waals surface area (Å²) in [6.07, 6.45) is 1.65. The second-order valence-electron chi connectivity index (χ2n) is 8.34. The van der Waals surface area contributed by atoms with Crippen molar-refractivity contribution in [2.24, 2.45) is 0 Å². The molecule has 2 saturated heterocycles. The van der Waals surface area contributed by atoms with Crippen LogP contribution in [0.25, 0.3) is 16.6 Å². The van der Waals surface area contributed by atoms with Gasteiger partial charge in [-0.1, -0.05) is 23.7 Å². The van der Waals surface area contributed by atoms with Crippen LogP contribution in [0.2, 0.25) is 5.02 Å². The number of halogens is 1. The molecule has 30 heavy (non-hydrogen) atoms. The molecule has 0 saturated carbocycles. The van der Waals surface area contributed by atoms with Crippen LogP contribution in [-0.2, 0) is 10.2 Å². The maximum Gasteiger partial charge on any atom is 0.282 e. The molecule has 0 radical (unpaired) electrons. The van der Waals surface area contributed by atoms with E-state index in [2.05, 4.69) is 38.0 Å². The van der Waals surface area contributed by atoms with E-state index in [0.29, 0.717) is 23.6 Å². The number of fused-ring (bicyclic) bond motifs is 7. The lowest BCUT2D eigenvalue weighted by molar-refractivity contribution is 0.0621. The van der Waals surface area contributed by atoms with Crippen LogP contribution >= 0.6 is 11.6 Å². The first-order valence-corrected chi connectivity index (χ1v) is 11.0. The Morgan fingerprint density at radius 2 is 1.90 bits per heavy atom.